The van der Waals surface area contributed by atoms with Crippen molar-refractivity contribution in [3.8, 4) is 5.75 Å². The van der Waals surface area contributed by atoms with Crippen LogP contribution < -0.4 is 4.74 Å². The molecular weight excluding hydrogens is 228 g/mol. The molecule has 3 rings (SSSR count). The maximum absolute atomic E-state index is 5.82. The molecule has 0 N–H and O–H groups in total. The highest BCUT2D eigenvalue weighted by Crippen LogP contribution is 2.34. The van der Waals surface area contributed by atoms with Crippen LogP contribution in [0.2, 0.25) is 0 Å². The average Bonchev–Trinajstić information content (AvgIpc) is 3.11. The van der Waals surface area contributed by atoms with Gasteiger partial charge in [0.05, 0.1) is 6.04 Å². The third kappa shape index (κ3) is 2.08. The van der Waals surface area contributed by atoms with Crippen molar-refractivity contribution < 1.29 is 4.74 Å². The summed E-state index contributed by atoms with van der Waals surface area (Å²) in [6.45, 7) is 4.57. The minimum Gasteiger partial charge on any atom is -0.485 e. The number of hydrogen-bond donors (Lipinski definition) is 0. The molecule has 0 amide bonds. The summed E-state index contributed by atoms with van der Waals surface area (Å²) < 4.78 is 7.70. The van der Waals surface area contributed by atoms with E-state index in [0.717, 1.165) is 11.6 Å². The number of rotatable bonds is 4. The van der Waals surface area contributed by atoms with E-state index < -0.39 is 0 Å². The van der Waals surface area contributed by atoms with E-state index in [2.05, 4.69) is 35.4 Å². The molecule has 1 aliphatic carbocycles. The van der Waals surface area contributed by atoms with Crippen molar-refractivity contribution in [2.45, 2.75) is 39.3 Å². The predicted molar refractivity (Wildman–Crippen MR) is 66.3 cm³/mol. The first-order valence-corrected chi connectivity index (χ1v) is 6.21. The highest BCUT2D eigenvalue weighted by atomic mass is 16.5. The van der Waals surface area contributed by atoms with Crippen molar-refractivity contribution in [3.05, 3.63) is 35.2 Å². The Labute approximate surface area is 106 Å². The second-order valence-electron chi connectivity index (χ2n) is 4.76. The van der Waals surface area contributed by atoms with E-state index in [1.165, 1.54) is 24.0 Å². The molecule has 1 heterocycles. The van der Waals surface area contributed by atoms with E-state index in [1.807, 2.05) is 16.8 Å². The van der Waals surface area contributed by atoms with Crippen LogP contribution >= 0.6 is 0 Å². The summed E-state index contributed by atoms with van der Waals surface area (Å²) in [5.41, 5.74) is 2.40. The smallest absolute Gasteiger partial charge is 0.189 e. The van der Waals surface area contributed by atoms with Crippen LogP contribution in [0, 0.1) is 13.8 Å². The lowest BCUT2D eigenvalue weighted by Crippen LogP contribution is -2.07. The van der Waals surface area contributed by atoms with Gasteiger partial charge in [0.1, 0.15) is 12.4 Å². The Balaban J connectivity index is 1.74. The van der Waals surface area contributed by atoms with Gasteiger partial charge in [-0.25, -0.2) is 4.68 Å². The molecule has 5 heteroatoms. The number of ether oxygens (including phenoxy) is 1. The number of aryl methyl sites for hydroxylation is 1. The molecule has 0 unspecified atom stereocenters. The lowest BCUT2D eigenvalue weighted by atomic mass is 10.1. The summed E-state index contributed by atoms with van der Waals surface area (Å²) in [6, 6.07) is 6.54. The van der Waals surface area contributed by atoms with Crippen molar-refractivity contribution in [2.24, 2.45) is 0 Å². The van der Waals surface area contributed by atoms with Crippen LogP contribution in [0.3, 0.4) is 0 Å². The molecule has 1 fully saturated rings. The molecule has 1 aliphatic rings. The van der Waals surface area contributed by atoms with E-state index in [-0.39, 0.29) is 0 Å². The second-order valence-corrected chi connectivity index (χ2v) is 4.76. The van der Waals surface area contributed by atoms with Crippen LogP contribution in [-0.2, 0) is 6.61 Å². The van der Waals surface area contributed by atoms with Crippen LogP contribution in [-0.4, -0.2) is 20.2 Å². The molecule has 0 saturated heterocycles. The van der Waals surface area contributed by atoms with Gasteiger partial charge in [-0.05, 0) is 54.3 Å². The van der Waals surface area contributed by atoms with E-state index in [1.54, 1.807) is 0 Å². The van der Waals surface area contributed by atoms with Gasteiger partial charge in [0.2, 0.25) is 0 Å². The molecule has 94 valence electrons. The van der Waals surface area contributed by atoms with Gasteiger partial charge in [-0.3, -0.25) is 0 Å². The molecular formula is C13H16N4O. The average molecular weight is 244 g/mol. The van der Waals surface area contributed by atoms with Crippen LogP contribution in [0.25, 0.3) is 0 Å². The van der Waals surface area contributed by atoms with Gasteiger partial charge in [0, 0.05) is 0 Å². The molecule has 0 bridgehead atoms. The number of nitrogens with zero attached hydrogens (tertiary/aromatic N) is 4. The van der Waals surface area contributed by atoms with Crippen LogP contribution in [0.4, 0.5) is 0 Å². The standard InChI is InChI=1S/C13H16N4O/c1-9-4-3-5-12(10(9)2)18-8-13-14-15-16-17(13)11-6-7-11/h3-5,11H,6-8H2,1-2H3. The minimum absolute atomic E-state index is 0.424. The molecule has 18 heavy (non-hydrogen) atoms. The number of aromatic nitrogens is 4. The first kappa shape index (κ1) is 11.2. The van der Waals surface area contributed by atoms with E-state index in [0.29, 0.717) is 12.6 Å². The largest absolute Gasteiger partial charge is 0.485 e. The van der Waals surface area contributed by atoms with E-state index in [4.69, 9.17) is 4.74 Å². The van der Waals surface area contributed by atoms with Gasteiger partial charge in [0.15, 0.2) is 5.82 Å². The van der Waals surface area contributed by atoms with Crippen molar-refractivity contribution in [1.29, 1.82) is 0 Å². The van der Waals surface area contributed by atoms with Crippen LogP contribution in [0.15, 0.2) is 18.2 Å². The number of tetrazole rings is 1. The SMILES string of the molecule is Cc1cccc(OCc2nnnn2C2CC2)c1C. The fourth-order valence-electron chi connectivity index (χ4n) is 1.93. The van der Waals surface area contributed by atoms with Crippen molar-refractivity contribution >= 4 is 0 Å². The first-order chi connectivity index (χ1) is 8.75. The van der Waals surface area contributed by atoms with Gasteiger partial charge in [-0.1, -0.05) is 12.1 Å². The van der Waals surface area contributed by atoms with Crippen molar-refractivity contribution in [2.75, 3.05) is 0 Å². The quantitative estimate of drug-likeness (QED) is 0.827. The first-order valence-electron chi connectivity index (χ1n) is 6.21. The van der Waals surface area contributed by atoms with Gasteiger partial charge in [-0.2, -0.15) is 0 Å². The van der Waals surface area contributed by atoms with Gasteiger partial charge < -0.3 is 4.74 Å². The predicted octanol–water partition coefficient (Wildman–Crippen LogP) is 2.20. The molecule has 0 aliphatic heterocycles. The Morgan fingerprint density at radius 2 is 2.17 bits per heavy atom. The molecule has 5 nitrogen and oxygen atoms in total. The number of hydrogen-bond acceptors (Lipinski definition) is 4. The molecule has 0 spiro atoms. The van der Waals surface area contributed by atoms with Crippen LogP contribution in [0.1, 0.15) is 35.8 Å². The lowest BCUT2D eigenvalue weighted by molar-refractivity contribution is 0.284. The van der Waals surface area contributed by atoms with E-state index in [9.17, 15) is 0 Å². The molecule has 2 aromatic rings. The van der Waals surface area contributed by atoms with E-state index >= 15 is 0 Å². The number of benzene rings is 1. The normalized spacial score (nSPS) is 14.8. The molecule has 0 atom stereocenters. The summed E-state index contributed by atoms with van der Waals surface area (Å²) in [5.74, 6) is 1.71. The Morgan fingerprint density at radius 3 is 2.94 bits per heavy atom. The fourth-order valence-corrected chi connectivity index (χ4v) is 1.93. The van der Waals surface area contributed by atoms with Gasteiger partial charge in [0.25, 0.3) is 0 Å². The molecule has 1 aromatic carbocycles. The summed E-state index contributed by atoms with van der Waals surface area (Å²) in [5, 5.41) is 11.7. The Morgan fingerprint density at radius 1 is 1.33 bits per heavy atom. The van der Waals surface area contributed by atoms with Gasteiger partial charge in [-0.15, -0.1) is 5.10 Å². The lowest BCUT2D eigenvalue weighted by Gasteiger charge is -2.10. The monoisotopic (exact) mass is 244 g/mol. The topological polar surface area (TPSA) is 52.8 Å². The zero-order valence-electron chi connectivity index (χ0n) is 10.6. The second kappa shape index (κ2) is 4.40. The van der Waals surface area contributed by atoms with Crippen molar-refractivity contribution in [1.82, 2.24) is 20.2 Å². The summed E-state index contributed by atoms with van der Waals surface area (Å²) in [7, 11) is 0. The molecule has 1 saturated carbocycles. The third-order valence-corrected chi connectivity index (χ3v) is 3.37. The third-order valence-electron chi connectivity index (χ3n) is 3.37. The summed E-state index contributed by atoms with van der Waals surface area (Å²) in [6.07, 6.45) is 2.34. The zero-order chi connectivity index (χ0) is 12.5. The van der Waals surface area contributed by atoms with Gasteiger partial charge >= 0.3 is 0 Å². The zero-order valence-corrected chi connectivity index (χ0v) is 10.6. The highest BCUT2D eigenvalue weighted by molar-refractivity contribution is 5.38. The maximum Gasteiger partial charge on any atom is 0.189 e. The highest BCUT2D eigenvalue weighted by Gasteiger charge is 2.27. The Hall–Kier alpha value is -1.91. The Bertz CT molecular complexity index is 560. The maximum atomic E-state index is 5.82. The summed E-state index contributed by atoms with van der Waals surface area (Å²) in [4.78, 5) is 0. The molecule has 0 radical (unpaired) electrons. The van der Waals surface area contributed by atoms with Crippen LogP contribution in [0.5, 0.6) is 5.75 Å². The summed E-state index contributed by atoms with van der Waals surface area (Å²) >= 11 is 0. The molecule has 1 aromatic heterocycles. The minimum atomic E-state index is 0.424. The Kier molecular flexibility index (Phi) is 2.74. The van der Waals surface area contributed by atoms with Crippen molar-refractivity contribution in [3.63, 3.8) is 0 Å². The fraction of sp³-hybridized carbons (Fsp3) is 0.462.